The molecule has 0 unspecified atom stereocenters. The summed E-state index contributed by atoms with van der Waals surface area (Å²) in [5, 5.41) is 9.09. The molecule has 0 radical (unpaired) electrons. The van der Waals surface area contributed by atoms with Gasteiger partial charge < -0.3 is 19.6 Å². The highest BCUT2D eigenvalue weighted by Gasteiger charge is 2.56. The van der Waals surface area contributed by atoms with E-state index in [4.69, 9.17) is 9.84 Å². The fraction of sp³-hybridized carbons (Fsp3) is 0.609. The number of carbonyl (C=O) groups excluding carboxylic acids is 2. The Morgan fingerprint density at radius 1 is 1.16 bits per heavy atom. The number of likely N-dealkylation sites (tertiary alicyclic amines) is 1. The zero-order chi connectivity index (χ0) is 23.1. The Hall–Kier alpha value is -2.52. The predicted octanol–water partition coefficient (Wildman–Crippen LogP) is 1.45. The molecule has 1 N–H and O–H groups in total. The first-order chi connectivity index (χ1) is 15.1. The Kier molecular flexibility index (Phi) is 5.98. The maximum absolute atomic E-state index is 14.3. The topological polar surface area (TPSA) is 90.4 Å². The van der Waals surface area contributed by atoms with E-state index in [0.717, 1.165) is 6.54 Å². The summed E-state index contributed by atoms with van der Waals surface area (Å²) in [6, 6.07) is 5.98. The van der Waals surface area contributed by atoms with Crippen molar-refractivity contribution in [1.82, 2.24) is 14.7 Å². The van der Waals surface area contributed by atoms with Crippen LogP contribution in [0.3, 0.4) is 0 Å². The monoisotopic (exact) mass is 447 g/mol. The number of carbonyl (C=O) groups is 3. The van der Waals surface area contributed by atoms with Crippen LogP contribution in [0.4, 0.5) is 4.39 Å². The third kappa shape index (κ3) is 4.36. The Morgan fingerprint density at radius 3 is 2.53 bits per heavy atom. The minimum atomic E-state index is -0.923. The van der Waals surface area contributed by atoms with Gasteiger partial charge in [-0.05, 0) is 17.5 Å². The van der Waals surface area contributed by atoms with E-state index in [2.05, 4.69) is 4.90 Å². The van der Waals surface area contributed by atoms with Crippen molar-refractivity contribution in [1.29, 1.82) is 0 Å². The first-order valence-electron chi connectivity index (χ1n) is 11.0. The third-order valence-corrected chi connectivity index (χ3v) is 6.73. The molecule has 1 spiro atoms. The lowest BCUT2D eigenvalue weighted by molar-refractivity contribution is -0.174. The number of piperazine rings is 1. The van der Waals surface area contributed by atoms with Crippen molar-refractivity contribution >= 4 is 17.8 Å². The van der Waals surface area contributed by atoms with Crippen LogP contribution in [0.25, 0.3) is 0 Å². The Labute approximate surface area is 186 Å². The van der Waals surface area contributed by atoms with Crippen LogP contribution in [0, 0.1) is 11.2 Å². The molecule has 1 aromatic carbocycles. The zero-order valence-corrected chi connectivity index (χ0v) is 18.6. The van der Waals surface area contributed by atoms with E-state index < -0.39 is 17.2 Å². The van der Waals surface area contributed by atoms with Crippen molar-refractivity contribution < 1.29 is 28.6 Å². The second-order valence-corrected chi connectivity index (χ2v) is 9.97. The van der Waals surface area contributed by atoms with Crippen LogP contribution in [0.2, 0.25) is 0 Å². The summed E-state index contributed by atoms with van der Waals surface area (Å²) in [7, 11) is 0. The van der Waals surface area contributed by atoms with Gasteiger partial charge in [0.1, 0.15) is 5.82 Å². The van der Waals surface area contributed by atoms with Crippen LogP contribution >= 0.6 is 0 Å². The molecular weight excluding hydrogens is 417 g/mol. The summed E-state index contributed by atoms with van der Waals surface area (Å²) in [4.78, 5) is 42.8. The standard InChI is InChI=1S/C23H30FN3O5/c1-22(2,10-20(29)30)9-19(28)26-14-23(15-26)13-25(11-16-12-32-8-7-27(16)23)21(31)17-5-3-4-6-18(17)24/h3-6,16H,7-15H2,1-2H3,(H,29,30)/t16-/m1/s1. The predicted molar refractivity (Wildman–Crippen MR) is 114 cm³/mol. The van der Waals surface area contributed by atoms with Crippen molar-refractivity contribution in [3.63, 3.8) is 0 Å². The average Bonchev–Trinajstić information content (AvgIpc) is 2.69. The van der Waals surface area contributed by atoms with Crippen LogP contribution in [0.5, 0.6) is 0 Å². The van der Waals surface area contributed by atoms with Gasteiger partial charge in [0, 0.05) is 39.1 Å². The molecule has 174 valence electrons. The summed E-state index contributed by atoms with van der Waals surface area (Å²) < 4.78 is 19.9. The van der Waals surface area contributed by atoms with Crippen LogP contribution in [-0.4, -0.2) is 95.1 Å². The molecular formula is C23H30FN3O5. The molecule has 8 nitrogen and oxygen atoms in total. The molecule has 3 heterocycles. The van der Waals surface area contributed by atoms with Crippen molar-refractivity contribution in [2.45, 2.75) is 38.3 Å². The van der Waals surface area contributed by atoms with E-state index in [1.54, 1.807) is 35.8 Å². The molecule has 4 rings (SSSR count). The molecule has 0 aliphatic carbocycles. The molecule has 1 atom stereocenters. The summed E-state index contributed by atoms with van der Waals surface area (Å²) in [5.74, 6) is -1.89. The fourth-order valence-corrected chi connectivity index (χ4v) is 5.27. The van der Waals surface area contributed by atoms with Gasteiger partial charge in [-0.2, -0.15) is 0 Å². The summed E-state index contributed by atoms with van der Waals surface area (Å²) in [5.41, 5.74) is -0.970. The number of ether oxygens (including phenoxy) is 1. The quantitative estimate of drug-likeness (QED) is 0.735. The maximum atomic E-state index is 14.3. The van der Waals surface area contributed by atoms with Crippen molar-refractivity contribution in [3.8, 4) is 0 Å². The smallest absolute Gasteiger partial charge is 0.303 e. The average molecular weight is 448 g/mol. The van der Waals surface area contributed by atoms with Gasteiger partial charge in [-0.25, -0.2) is 4.39 Å². The highest BCUT2D eigenvalue weighted by molar-refractivity contribution is 5.94. The molecule has 32 heavy (non-hydrogen) atoms. The maximum Gasteiger partial charge on any atom is 0.303 e. The fourth-order valence-electron chi connectivity index (χ4n) is 5.27. The number of aliphatic carboxylic acids is 1. The number of hydrogen-bond donors (Lipinski definition) is 1. The lowest BCUT2D eigenvalue weighted by Gasteiger charge is -2.63. The molecule has 2 amide bonds. The second kappa shape index (κ2) is 8.44. The molecule has 3 aliphatic rings. The second-order valence-electron chi connectivity index (χ2n) is 9.97. The van der Waals surface area contributed by atoms with E-state index in [1.807, 2.05) is 0 Å². The van der Waals surface area contributed by atoms with Crippen LogP contribution in [-0.2, 0) is 14.3 Å². The number of carboxylic acids is 1. The molecule has 0 aromatic heterocycles. The van der Waals surface area contributed by atoms with Crippen molar-refractivity contribution in [2.24, 2.45) is 5.41 Å². The van der Waals surface area contributed by atoms with Gasteiger partial charge in [0.05, 0.1) is 36.8 Å². The Bertz CT molecular complexity index is 915. The SMILES string of the molecule is CC(C)(CC(=O)O)CC(=O)N1CC2(C1)CN(C(=O)c1ccccc1F)C[C@@H]1COCCN12. The summed E-state index contributed by atoms with van der Waals surface area (Å²) in [6.07, 6.45) is 0.0774. The number of halogens is 1. The molecule has 9 heteroatoms. The third-order valence-electron chi connectivity index (χ3n) is 6.73. The summed E-state index contributed by atoms with van der Waals surface area (Å²) >= 11 is 0. The number of amides is 2. The molecule has 3 aliphatic heterocycles. The first kappa shape index (κ1) is 22.7. The highest BCUT2D eigenvalue weighted by Crippen LogP contribution is 2.38. The molecule has 0 bridgehead atoms. The van der Waals surface area contributed by atoms with Crippen LogP contribution in [0.15, 0.2) is 24.3 Å². The van der Waals surface area contributed by atoms with Gasteiger partial charge in [0.15, 0.2) is 0 Å². The van der Waals surface area contributed by atoms with E-state index >= 15 is 0 Å². The molecule has 3 fully saturated rings. The van der Waals surface area contributed by atoms with Gasteiger partial charge in [0.25, 0.3) is 5.91 Å². The molecule has 0 saturated carbocycles. The lowest BCUT2D eigenvalue weighted by atomic mass is 9.80. The van der Waals surface area contributed by atoms with Gasteiger partial charge >= 0.3 is 5.97 Å². The number of benzene rings is 1. The Morgan fingerprint density at radius 2 is 1.84 bits per heavy atom. The molecule has 1 aromatic rings. The largest absolute Gasteiger partial charge is 0.481 e. The molecule has 3 saturated heterocycles. The van der Waals surface area contributed by atoms with Gasteiger partial charge in [-0.1, -0.05) is 26.0 Å². The van der Waals surface area contributed by atoms with Crippen LogP contribution in [0.1, 0.15) is 37.0 Å². The van der Waals surface area contributed by atoms with E-state index in [0.29, 0.717) is 39.4 Å². The minimum absolute atomic E-state index is 0.00562. The van der Waals surface area contributed by atoms with E-state index in [1.165, 1.54) is 12.1 Å². The van der Waals surface area contributed by atoms with E-state index in [-0.39, 0.29) is 41.8 Å². The number of fused-ring (bicyclic) bond motifs is 2. The van der Waals surface area contributed by atoms with Gasteiger partial charge in [0.2, 0.25) is 5.91 Å². The number of morpholine rings is 1. The number of carboxylic acid groups (broad SMARTS) is 1. The lowest BCUT2D eigenvalue weighted by Crippen LogP contribution is -2.81. The van der Waals surface area contributed by atoms with Crippen molar-refractivity contribution in [3.05, 3.63) is 35.6 Å². The first-order valence-corrected chi connectivity index (χ1v) is 11.0. The summed E-state index contributed by atoms with van der Waals surface area (Å²) in [6.45, 7) is 7.16. The zero-order valence-electron chi connectivity index (χ0n) is 18.6. The Balaban J connectivity index is 1.49. The van der Waals surface area contributed by atoms with Gasteiger partial charge in [-0.15, -0.1) is 0 Å². The highest BCUT2D eigenvalue weighted by atomic mass is 19.1. The number of rotatable bonds is 5. The minimum Gasteiger partial charge on any atom is -0.481 e. The van der Waals surface area contributed by atoms with Crippen molar-refractivity contribution in [2.75, 3.05) is 45.9 Å². The van der Waals surface area contributed by atoms with Crippen LogP contribution < -0.4 is 0 Å². The normalized spacial score (nSPS) is 22.9. The van der Waals surface area contributed by atoms with Gasteiger partial charge in [-0.3, -0.25) is 19.3 Å². The number of hydrogen-bond acceptors (Lipinski definition) is 5. The number of nitrogens with zero attached hydrogens (tertiary/aromatic N) is 3. The van der Waals surface area contributed by atoms with E-state index in [9.17, 15) is 18.8 Å².